The van der Waals surface area contributed by atoms with Crippen LogP contribution < -0.4 is 15.8 Å². The first kappa shape index (κ1) is 21.4. The van der Waals surface area contributed by atoms with Crippen LogP contribution in [0.25, 0.3) is 5.52 Å². The van der Waals surface area contributed by atoms with Crippen molar-refractivity contribution in [1.29, 1.82) is 5.26 Å². The quantitative estimate of drug-likeness (QED) is 0.196. The second-order valence-electron chi connectivity index (χ2n) is 7.18. The van der Waals surface area contributed by atoms with Crippen LogP contribution in [0.15, 0.2) is 72.1 Å². The summed E-state index contributed by atoms with van der Waals surface area (Å²) in [5.41, 5.74) is 8.41. The van der Waals surface area contributed by atoms with Crippen LogP contribution in [0.2, 0.25) is 0 Å². The van der Waals surface area contributed by atoms with Crippen molar-refractivity contribution in [3.05, 3.63) is 83.7 Å². The number of amidine groups is 1. The fourth-order valence-electron chi connectivity index (χ4n) is 3.24. The van der Waals surface area contributed by atoms with Gasteiger partial charge in [-0.2, -0.15) is 10.4 Å². The van der Waals surface area contributed by atoms with Gasteiger partial charge in [0.2, 0.25) is 0 Å². The molecule has 0 spiro atoms. The number of aryl methyl sites for hydroxylation is 1. The number of hydrogen-bond acceptors (Lipinski definition) is 7. The van der Waals surface area contributed by atoms with Gasteiger partial charge < -0.3 is 20.6 Å². The predicted octanol–water partition coefficient (Wildman–Crippen LogP) is 4.50. The molecule has 9 heteroatoms. The summed E-state index contributed by atoms with van der Waals surface area (Å²) in [5.74, 6) is 0.858. The number of carbonyl (C=O) groups excluding carboxylic acids is 1. The van der Waals surface area contributed by atoms with Crippen molar-refractivity contribution in [3.8, 4) is 17.6 Å². The number of benzene rings is 2. The molecular formula is C24H20N6O3. The molecule has 0 saturated heterocycles. The fraction of sp³-hybridized carbons (Fsp3) is 0.0833. The molecule has 0 radical (unpaired) electrons. The summed E-state index contributed by atoms with van der Waals surface area (Å²) in [7, 11) is 0. The Balaban J connectivity index is 1.66. The Hall–Kier alpha value is -4.84. The summed E-state index contributed by atoms with van der Waals surface area (Å²) >= 11 is 0. The van der Waals surface area contributed by atoms with E-state index >= 15 is 0 Å². The van der Waals surface area contributed by atoms with E-state index in [0.29, 0.717) is 28.1 Å². The lowest BCUT2D eigenvalue weighted by Gasteiger charge is -2.12. The third kappa shape index (κ3) is 4.60. The van der Waals surface area contributed by atoms with Crippen LogP contribution in [0.3, 0.4) is 0 Å². The number of anilines is 2. The molecule has 164 valence electrons. The summed E-state index contributed by atoms with van der Waals surface area (Å²) in [6.45, 7) is 3.26. The van der Waals surface area contributed by atoms with Gasteiger partial charge in [-0.3, -0.25) is 0 Å². The number of hydrogen-bond donors (Lipinski definition) is 2. The minimum absolute atomic E-state index is 0.122. The van der Waals surface area contributed by atoms with Crippen LogP contribution in [0.4, 0.5) is 11.4 Å². The summed E-state index contributed by atoms with van der Waals surface area (Å²) in [5, 5.41) is 20.6. The number of nitrogens with two attached hydrogens (primary N) is 1. The van der Waals surface area contributed by atoms with Crippen molar-refractivity contribution in [2.75, 3.05) is 5.32 Å². The smallest absolute Gasteiger partial charge is 0.367 e. The number of oxime groups is 1. The number of rotatable bonds is 6. The molecule has 0 amide bonds. The molecule has 2 aromatic heterocycles. The maximum Gasteiger partial charge on any atom is 0.367 e. The van der Waals surface area contributed by atoms with Gasteiger partial charge in [-0.25, -0.2) is 9.31 Å². The lowest BCUT2D eigenvalue weighted by atomic mass is 10.1. The Morgan fingerprint density at radius 1 is 1.15 bits per heavy atom. The van der Waals surface area contributed by atoms with Crippen LogP contribution in [0, 0.1) is 18.3 Å². The minimum Gasteiger partial charge on any atom is -0.457 e. The van der Waals surface area contributed by atoms with E-state index < -0.39 is 5.97 Å². The van der Waals surface area contributed by atoms with Gasteiger partial charge in [0.1, 0.15) is 23.4 Å². The maximum atomic E-state index is 12.4. The average molecular weight is 440 g/mol. The van der Waals surface area contributed by atoms with E-state index in [1.54, 1.807) is 6.92 Å². The van der Waals surface area contributed by atoms with Gasteiger partial charge in [0, 0.05) is 11.9 Å². The largest absolute Gasteiger partial charge is 0.457 e. The lowest BCUT2D eigenvalue weighted by molar-refractivity contribution is 0.0514. The Morgan fingerprint density at radius 3 is 2.52 bits per heavy atom. The highest BCUT2D eigenvalue weighted by molar-refractivity contribution is 5.97. The molecule has 0 aliphatic carbocycles. The van der Waals surface area contributed by atoms with E-state index in [0.717, 1.165) is 11.4 Å². The number of nitriles is 1. The molecule has 2 heterocycles. The van der Waals surface area contributed by atoms with E-state index in [-0.39, 0.29) is 11.4 Å². The third-order valence-electron chi connectivity index (χ3n) is 4.77. The number of fused-ring (bicyclic) bond motifs is 1. The SMILES string of the molecule is CC(N)=NOC(=O)c1cn2ncc(C#N)c(Nc3ccc(Oc4ccccc4)cc3)c2c1C. The molecule has 33 heavy (non-hydrogen) atoms. The number of para-hydroxylation sites is 1. The van der Waals surface area contributed by atoms with Crippen molar-refractivity contribution in [1.82, 2.24) is 9.61 Å². The first-order chi connectivity index (χ1) is 16.0. The van der Waals surface area contributed by atoms with Crippen LogP contribution in [0.5, 0.6) is 11.5 Å². The van der Waals surface area contributed by atoms with Crippen LogP contribution >= 0.6 is 0 Å². The first-order valence-corrected chi connectivity index (χ1v) is 9.98. The van der Waals surface area contributed by atoms with E-state index in [1.807, 2.05) is 54.6 Å². The Kier molecular flexibility index (Phi) is 5.91. The number of nitrogens with zero attached hydrogens (tertiary/aromatic N) is 4. The maximum absolute atomic E-state index is 12.4. The molecular weight excluding hydrogens is 420 g/mol. The molecule has 2 aromatic carbocycles. The summed E-state index contributed by atoms with van der Waals surface area (Å²) in [6, 6.07) is 18.9. The van der Waals surface area contributed by atoms with E-state index in [9.17, 15) is 10.1 Å². The minimum atomic E-state index is -0.672. The standard InChI is InChI=1S/C24H20N6O3/c1-15-21(24(31)33-29-16(2)26)14-30-23(15)22(17(12-25)13-27-30)28-18-8-10-20(11-9-18)32-19-6-4-3-5-7-19/h3-11,13-14,28H,1-2H3,(H2,26,29). The van der Waals surface area contributed by atoms with E-state index in [1.165, 1.54) is 23.8 Å². The van der Waals surface area contributed by atoms with Gasteiger partial charge in [0.05, 0.1) is 28.5 Å². The van der Waals surface area contributed by atoms with E-state index in [2.05, 4.69) is 21.6 Å². The van der Waals surface area contributed by atoms with Crippen molar-refractivity contribution in [2.24, 2.45) is 10.9 Å². The number of ether oxygens (including phenoxy) is 1. The van der Waals surface area contributed by atoms with Gasteiger partial charge in [0.25, 0.3) is 0 Å². The normalized spacial score (nSPS) is 11.1. The second kappa shape index (κ2) is 9.11. The van der Waals surface area contributed by atoms with Crippen molar-refractivity contribution in [3.63, 3.8) is 0 Å². The molecule has 0 unspecified atom stereocenters. The molecule has 4 rings (SSSR count). The third-order valence-corrected chi connectivity index (χ3v) is 4.77. The van der Waals surface area contributed by atoms with Gasteiger partial charge in [-0.1, -0.05) is 23.4 Å². The highest BCUT2D eigenvalue weighted by Gasteiger charge is 2.21. The van der Waals surface area contributed by atoms with Gasteiger partial charge in [-0.15, -0.1) is 0 Å². The van der Waals surface area contributed by atoms with Gasteiger partial charge >= 0.3 is 5.97 Å². The number of aromatic nitrogens is 2. The highest BCUT2D eigenvalue weighted by Crippen LogP contribution is 2.31. The van der Waals surface area contributed by atoms with Gasteiger partial charge in [0.15, 0.2) is 0 Å². The second-order valence-corrected chi connectivity index (χ2v) is 7.18. The topological polar surface area (TPSA) is 127 Å². The molecule has 0 atom stereocenters. The molecule has 0 bridgehead atoms. The summed E-state index contributed by atoms with van der Waals surface area (Å²) in [6.07, 6.45) is 2.95. The lowest BCUT2D eigenvalue weighted by Crippen LogP contribution is -2.09. The van der Waals surface area contributed by atoms with Gasteiger partial charge in [-0.05, 0) is 55.8 Å². The van der Waals surface area contributed by atoms with Crippen molar-refractivity contribution in [2.45, 2.75) is 13.8 Å². The molecule has 0 aliphatic heterocycles. The molecule has 4 aromatic rings. The molecule has 0 saturated carbocycles. The molecule has 3 N–H and O–H groups in total. The predicted molar refractivity (Wildman–Crippen MR) is 124 cm³/mol. The van der Waals surface area contributed by atoms with Crippen LogP contribution in [-0.2, 0) is 4.84 Å². The zero-order valence-corrected chi connectivity index (χ0v) is 17.9. The Morgan fingerprint density at radius 2 is 1.85 bits per heavy atom. The Labute approximate surface area is 189 Å². The zero-order valence-electron chi connectivity index (χ0n) is 17.9. The Bertz CT molecular complexity index is 1380. The average Bonchev–Trinajstić information content (AvgIpc) is 3.16. The van der Waals surface area contributed by atoms with Crippen LogP contribution in [0.1, 0.15) is 28.4 Å². The molecule has 0 aliphatic rings. The highest BCUT2D eigenvalue weighted by atomic mass is 16.7. The van der Waals surface area contributed by atoms with Crippen molar-refractivity contribution < 1.29 is 14.4 Å². The monoisotopic (exact) mass is 440 g/mol. The van der Waals surface area contributed by atoms with Crippen LogP contribution in [-0.4, -0.2) is 21.4 Å². The first-order valence-electron chi connectivity index (χ1n) is 9.98. The molecule has 9 nitrogen and oxygen atoms in total. The van der Waals surface area contributed by atoms with E-state index in [4.69, 9.17) is 15.3 Å². The summed E-state index contributed by atoms with van der Waals surface area (Å²) < 4.78 is 7.34. The summed E-state index contributed by atoms with van der Waals surface area (Å²) in [4.78, 5) is 17.3. The number of carbonyl (C=O) groups is 1. The number of nitrogens with one attached hydrogen (secondary N) is 1. The fourth-order valence-corrected chi connectivity index (χ4v) is 3.24. The van der Waals surface area contributed by atoms with Crippen molar-refractivity contribution >= 4 is 28.7 Å². The zero-order chi connectivity index (χ0) is 23.4. The molecule has 0 fully saturated rings.